The highest BCUT2D eigenvalue weighted by molar-refractivity contribution is 6.46. The second kappa shape index (κ2) is 40.1. The lowest BCUT2D eigenvalue weighted by Crippen LogP contribution is -2.54. The molecule has 0 spiro atoms. The van der Waals surface area contributed by atoms with Gasteiger partial charge in [0.05, 0.1) is 65.3 Å². The Morgan fingerprint density at radius 2 is 0.812 bits per heavy atom. The molecule has 8 N–H and O–H groups in total. The Bertz CT molecular complexity index is 2320. The van der Waals surface area contributed by atoms with Crippen LogP contribution in [0.2, 0.25) is 27.3 Å². The number of piperidine rings is 4. The number of carbonyl (C=O) groups is 4. The summed E-state index contributed by atoms with van der Waals surface area (Å²) in [7, 11) is 1.07. The molecule has 96 heavy (non-hydrogen) atoms. The predicted octanol–water partition coefficient (Wildman–Crippen LogP) is 4.50. The Hall–Kier alpha value is -2.09. The van der Waals surface area contributed by atoms with Gasteiger partial charge in [0, 0.05) is 75.2 Å². The predicted molar refractivity (Wildman–Crippen MR) is 355 cm³/mol. The van der Waals surface area contributed by atoms with E-state index in [9.17, 15) is 88.4 Å². The fourth-order valence-corrected chi connectivity index (χ4v) is 13.4. The number of carbonyl (C=O) groups excluding carboxylic acids is 4. The average molecular weight is 1470 g/mol. The topological polar surface area (TPSA) is 264 Å². The summed E-state index contributed by atoms with van der Waals surface area (Å²) >= 11 is 0. The van der Waals surface area contributed by atoms with Gasteiger partial charge in [-0.25, -0.2) is 43.9 Å². The standard InChI is InChI=1S/C13H25BF2N2O2.C12H21BF2N2O3.C12H22F2N2O.C7H12BF2NO3.C6H12BNO2.C6H9F2NO2.CH4.3ClH/c1-12(2,19)11-8-13(15,16)9-18(11)10-4-6-17(7-5-10)14(3)20;1-13(19)16-5-3-9(4-6-16)17-8-12(14,15)7-10(17)11(18)20-2;1-11(2,17)10-7-12(13,14)8-16(10)9-3-5-15-6-4-9;1-8(13)11-4-7(9,10)3-5(11)6(12)14-2;1-7(10)8-4-2-6(9)3-5-8;1-11-5(10)4-2-6(7,8)3-9-4;;;;/h10-11,19-20H,4-9H2,1-3H3;9-10,19H,3-8H2,1-2H3;9-10,15,17H,3-8H2,1-2H3;5,13H,3-4H2,1-2H3;10H,2-5H2,1H3;4,9H,2-3H2,1H3;1H4;3*1H/t11-;2*10-;5-;;4-;;;;/m1111.1..../s1. The third kappa shape index (κ3) is 29.3. The summed E-state index contributed by atoms with van der Waals surface area (Å²) in [6.07, 6.45) is 3.85. The molecular formula is C57H108B4Cl3F10N9O13. The van der Waals surface area contributed by atoms with E-state index in [-0.39, 0.29) is 95.2 Å². The van der Waals surface area contributed by atoms with Gasteiger partial charge < -0.3 is 64.3 Å². The smallest absolute Gasteiger partial charge is 0.377 e. The molecule has 0 aliphatic carbocycles. The van der Waals surface area contributed by atoms with Gasteiger partial charge in [-0.1, -0.05) is 7.43 Å². The van der Waals surface area contributed by atoms with Crippen LogP contribution in [0.3, 0.4) is 0 Å². The third-order valence-corrected chi connectivity index (χ3v) is 18.5. The quantitative estimate of drug-likeness (QED) is 0.0579. The maximum absolute atomic E-state index is 13.7. The van der Waals surface area contributed by atoms with Crippen LogP contribution in [0.4, 0.5) is 43.9 Å². The number of ether oxygens (including phenoxy) is 3. The maximum Gasteiger partial charge on any atom is 0.377 e. The van der Waals surface area contributed by atoms with Crippen molar-refractivity contribution < 1.29 is 108 Å². The first-order chi connectivity index (χ1) is 42.4. The van der Waals surface area contributed by atoms with Crippen LogP contribution in [0, 0.1) is 0 Å². The molecule has 22 nitrogen and oxygen atoms in total. The zero-order valence-electron chi connectivity index (χ0n) is 56.5. The first-order valence-corrected chi connectivity index (χ1v) is 31.9. The van der Waals surface area contributed by atoms with Gasteiger partial charge >= 0.3 is 46.1 Å². The Kier molecular flexibility index (Phi) is 39.2. The summed E-state index contributed by atoms with van der Waals surface area (Å²) in [5, 5.41) is 63.2. The van der Waals surface area contributed by atoms with E-state index in [1.54, 1.807) is 58.0 Å². The molecule has 39 heteroatoms. The summed E-state index contributed by atoms with van der Waals surface area (Å²) in [6, 6.07) is -3.47. The number of halogens is 13. The van der Waals surface area contributed by atoms with Gasteiger partial charge in [-0.05, 0) is 146 Å². The monoisotopic (exact) mass is 1470 g/mol. The van der Waals surface area contributed by atoms with E-state index in [1.165, 1.54) is 21.0 Å². The van der Waals surface area contributed by atoms with Gasteiger partial charge in [-0.2, -0.15) is 0 Å². The van der Waals surface area contributed by atoms with E-state index in [0.717, 1.165) is 63.8 Å². The SMILES string of the molecule is C.CB(O)N1CCC(=O)CC1.CB(O)N1CCC(N2CC(F)(F)C[C@@H]2C(C)(C)O)CC1.CC(C)(O)[C@H]1CC(F)(F)CN1C1CCNCC1.COC(=O)[C@H]1CC(F)(F)CN1.COC(=O)[C@H]1CC(F)(F)CN1B(C)O.COC(=O)[C@H]1CC(F)(F)CN1C1CCN(B(C)O)CC1.Cl.Cl.Cl. The number of hydrogen-bond donors (Lipinski definition) is 8. The molecule has 5 atom stereocenters. The number of alkyl halides is 10. The minimum Gasteiger partial charge on any atom is -0.468 e. The summed E-state index contributed by atoms with van der Waals surface area (Å²) in [6.45, 7) is 17.0. The lowest BCUT2D eigenvalue weighted by atomic mass is 9.82. The largest absolute Gasteiger partial charge is 0.468 e. The normalized spacial score (nSPS) is 27.1. The number of rotatable bonds is 12. The molecule has 0 saturated carbocycles. The summed E-state index contributed by atoms with van der Waals surface area (Å²) in [5.74, 6) is -15.5. The van der Waals surface area contributed by atoms with Crippen molar-refractivity contribution in [1.29, 1.82) is 0 Å². The van der Waals surface area contributed by atoms with Crippen LogP contribution in [0.25, 0.3) is 0 Å². The van der Waals surface area contributed by atoms with Crippen LogP contribution < -0.4 is 10.6 Å². The molecule has 0 aromatic rings. The fraction of sp³-hybridized carbons (Fsp3) is 0.930. The number of nitrogens with one attached hydrogen (secondary N) is 2. The van der Waals surface area contributed by atoms with Crippen LogP contribution >= 0.6 is 37.2 Å². The minimum atomic E-state index is -2.93. The number of ketones is 1. The van der Waals surface area contributed by atoms with Gasteiger partial charge in [-0.15, -0.1) is 37.2 Å². The summed E-state index contributed by atoms with van der Waals surface area (Å²) in [4.78, 5) is 56.2. The van der Waals surface area contributed by atoms with Crippen molar-refractivity contribution >= 4 is 89.1 Å². The lowest BCUT2D eigenvalue weighted by molar-refractivity contribution is -0.147. The number of hydrogen-bond acceptors (Lipinski definition) is 22. The number of likely N-dealkylation sites (tertiary alicyclic amines) is 3. The zero-order valence-corrected chi connectivity index (χ0v) is 58.9. The average Bonchev–Trinajstić information content (AvgIpc) is 1.61. The van der Waals surface area contributed by atoms with Crippen LogP contribution in [0.5, 0.6) is 0 Å². The van der Waals surface area contributed by atoms with E-state index >= 15 is 0 Å². The van der Waals surface area contributed by atoms with E-state index in [2.05, 4.69) is 24.8 Å². The van der Waals surface area contributed by atoms with Gasteiger partial charge in [0.25, 0.3) is 29.6 Å². The molecule has 9 aliphatic heterocycles. The Morgan fingerprint density at radius 1 is 0.479 bits per heavy atom. The van der Waals surface area contributed by atoms with Gasteiger partial charge in [0.1, 0.15) is 23.9 Å². The Balaban J connectivity index is 0.00000114. The second-order valence-electron chi connectivity index (χ2n) is 27.0. The molecule has 9 aliphatic rings. The molecule has 0 unspecified atom stereocenters. The molecule has 562 valence electrons. The van der Waals surface area contributed by atoms with Crippen LogP contribution in [-0.4, -0.2) is 312 Å². The zero-order chi connectivity index (χ0) is 69.7. The van der Waals surface area contributed by atoms with E-state index in [0.29, 0.717) is 57.6 Å². The molecule has 9 rings (SSSR count). The molecular weight excluding hydrogens is 1360 g/mol. The molecule has 0 aromatic heterocycles. The number of nitrogens with zero attached hydrogens (tertiary/aromatic N) is 7. The number of Topliss-reactive ketones (excluding diaryl/α,β-unsaturated/α-hetero) is 1. The van der Waals surface area contributed by atoms with E-state index in [4.69, 9.17) is 5.02 Å². The Labute approximate surface area is 580 Å². The molecule has 9 fully saturated rings. The van der Waals surface area contributed by atoms with Crippen molar-refractivity contribution in [2.75, 3.05) is 106 Å². The number of methoxy groups -OCH3 is 3. The number of aliphatic hydroxyl groups is 2. The number of esters is 3. The van der Waals surface area contributed by atoms with Gasteiger partial charge in [0.15, 0.2) is 0 Å². The van der Waals surface area contributed by atoms with Crippen molar-refractivity contribution in [3.05, 3.63) is 0 Å². The molecule has 0 amide bonds. The molecule has 0 bridgehead atoms. The molecule has 9 saturated heterocycles. The highest BCUT2D eigenvalue weighted by Gasteiger charge is 2.55. The van der Waals surface area contributed by atoms with E-state index in [1.807, 2.05) is 19.3 Å². The lowest BCUT2D eigenvalue weighted by Gasteiger charge is -2.42. The minimum absolute atomic E-state index is 0. The first-order valence-electron chi connectivity index (χ1n) is 31.9. The van der Waals surface area contributed by atoms with Crippen molar-refractivity contribution in [3.8, 4) is 0 Å². The van der Waals surface area contributed by atoms with Crippen molar-refractivity contribution in [2.45, 2.75) is 235 Å². The molecule has 9 heterocycles. The fourth-order valence-electron chi connectivity index (χ4n) is 13.4. The molecule has 0 radical (unpaired) electrons. The van der Waals surface area contributed by atoms with Crippen LogP contribution in [0.15, 0.2) is 0 Å². The van der Waals surface area contributed by atoms with Gasteiger partial charge in [-0.3, -0.25) is 44.0 Å². The van der Waals surface area contributed by atoms with E-state index < -0.39 is 149 Å². The highest BCUT2D eigenvalue weighted by Crippen LogP contribution is 2.42. The van der Waals surface area contributed by atoms with Crippen molar-refractivity contribution in [3.63, 3.8) is 0 Å². The highest BCUT2D eigenvalue weighted by atomic mass is 35.5. The first kappa shape index (κ1) is 93.9. The van der Waals surface area contributed by atoms with Crippen molar-refractivity contribution in [1.82, 2.24) is 44.6 Å². The summed E-state index contributed by atoms with van der Waals surface area (Å²) < 4.78 is 146. The summed E-state index contributed by atoms with van der Waals surface area (Å²) in [5.41, 5.74) is -2.19. The Morgan fingerprint density at radius 3 is 1.17 bits per heavy atom. The second-order valence-corrected chi connectivity index (χ2v) is 27.0. The third-order valence-electron chi connectivity index (χ3n) is 18.5. The van der Waals surface area contributed by atoms with Crippen LogP contribution in [-0.2, 0) is 33.4 Å². The van der Waals surface area contributed by atoms with Gasteiger partial charge in [0.2, 0.25) is 0 Å². The molecule has 0 aromatic carbocycles. The van der Waals surface area contributed by atoms with Crippen molar-refractivity contribution in [2.24, 2.45) is 0 Å². The maximum atomic E-state index is 13.7. The van der Waals surface area contributed by atoms with Crippen LogP contribution in [0.1, 0.15) is 119 Å².